The van der Waals surface area contributed by atoms with Gasteiger partial charge in [-0.3, -0.25) is 4.79 Å². The van der Waals surface area contributed by atoms with Crippen molar-refractivity contribution in [2.45, 2.75) is 38.3 Å². The second-order valence-corrected chi connectivity index (χ2v) is 4.37. The molecule has 2 rings (SSSR count). The minimum Gasteiger partial charge on any atom is -0.367 e. The molecular weight excluding hydrogens is 202 g/mol. The van der Waals surface area contributed by atoms with Crippen LogP contribution in [0.4, 0.5) is 0 Å². The van der Waals surface area contributed by atoms with E-state index in [9.17, 15) is 4.79 Å². The highest BCUT2D eigenvalue weighted by Crippen LogP contribution is 2.17. The molecule has 16 heavy (non-hydrogen) atoms. The SMILES string of the molecule is O=C(CNCc1cc[nH]c1)NC1CCCC1. The van der Waals surface area contributed by atoms with E-state index in [0.29, 0.717) is 12.6 Å². The maximum atomic E-state index is 11.5. The Morgan fingerprint density at radius 1 is 1.44 bits per heavy atom. The molecule has 1 aromatic heterocycles. The summed E-state index contributed by atoms with van der Waals surface area (Å²) < 4.78 is 0. The van der Waals surface area contributed by atoms with Crippen molar-refractivity contribution < 1.29 is 4.79 Å². The maximum absolute atomic E-state index is 11.5. The third-order valence-corrected chi connectivity index (χ3v) is 3.00. The van der Waals surface area contributed by atoms with E-state index in [1.807, 2.05) is 18.5 Å². The molecule has 0 aliphatic heterocycles. The third-order valence-electron chi connectivity index (χ3n) is 3.00. The zero-order valence-corrected chi connectivity index (χ0v) is 9.46. The Balaban J connectivity index is 1.60. The van der Waals surface area contributed by atoms with Crippen molar-refractivity contribution in [3.8, 4) is 0 Å². The van der Waals surface area contributed by atoms with Crippen LogP contribution >= 0.6 is 0 Å². The van der Waals surface area contributed by atoms with Crippen molar-refractivity contribution in [2.24, 2.45) is 0 Å². The Kier molecular flexibility index (Phi) is 3.99. The van der Waals surface area contributed by atoms with E-state index < -0.39 is 0 Å². The molecule has 0 bridgehead atoms. The summed E-state index contributed by atoms with van der Waals surface area (Å²) in [4.78, 5) is 14.5. The number of carbonyl (C=O) groups excluding carboxylic acids is 1. The summed E-state index contributed by atoms with van der Waals surface area (Å²) in [5.41, 5.74) is 1.17. The van der Waals surface area contributed by atoms with Gasteiger partial charge in [-0.05, 0) is 24.5 Å². The van der Waals surface area contributed by atoms with Gasteiger partial charge in [0.15, 0.2) is 0 Å². The number of nitrogens with one attached hydrogen (secondary N) is 3. The maximum Gasteiger partial charge on any atom is 0.234 e. The van der Waals surface area contributed by atoms with E-state index >= 15 is 0 Å². The monoisotopic (exact) mass is 221 g/mol. The van der Waals surface area contributed by atoms with E-state index in [1.54, 1.807) is 0 Å². The predicted molar refractivity (Wildman–Crippen MR) is 62.9 cm³/mol. The number of aromatic nitrogens is 1. The van der Waals surface area contributed by atoms with Crippen molar-refractivity contribution in [1.82, 2.24) is 15.6 Å². The number of carbonyl (C=O) groups is 1. The van der Waals surface area contributed by atoms with Gasteiger partial charge in [-0.15, -0.1) is 0 Å². The molecule has 1 heterocycles. The van der Waals surface area contributed by atoms with Crippen molar-refractivity contribution >= 4 is 5.91 Å². The lowest BCUT2D eigenvalue weighted by molar-refractivity contribution is -0.120. The molecule has 0 saturated heterocycles. The molecule has 88 valence electrons. The topological polar surface area (TPSA) is 56.9 Å². The summed E-state index contributed by atoms with van der Waals surface area (Å²) in [5, 5.41) is 6.18. The fraction of sp³-hybridized carbons (Fsp3) is 0.583. The Labute approximate surface area is 95.8 Å². The number of aromatic amines is 1. The number of rotatable bonds is 5. The molecule has 1 aliphatic carbocycles. The average Bonchev–Trinajstić information content (AvgIpc) is 2.90. The van der Waals surface area contributed by atoms with Crippen molar-refractivity contribution in [1.29, 1.82) is 0 Å². The van der Waals surface area contributed by atoms with Gasteiger partial charge in [-0.25, -0.2) is 0 Å². The van der Waals surface area contributed by atoms with E-state index in [0.717, 1.165) is 19.4 Å². The van der Waals surface area contributed by atoms with Crippen LogP contribution in [0.2, 0.25) is 0 Å². The van der Waals surface area contributed by atoms with Gasteiger partial charge in [0.2, 0.25) is 5.91 Å². The summed E-state index contributed by atoms with van der Waals surface area (Å²) in [6.45, 7) is 1.14. The summed E-state index contributed by atoms with van der Waals surface area (Å²) in [6, 6.07) is 2.42. The van der Waals surface area contributed by atoms with E-state index in [-0.39, 0.29) is 5.91 Å². The van der Waals surface area contributed by atoms with Crippen molar-refractivity contribution in [2.75, 3.05) is 6.54 Å². The van der Waals surface area contributed by atoms with Gasteiger partial charge >= 0.3 is 0 Å². The highest BCUT2D eigenvalue weighted by Gasteiger charge is 2.16. The number of hydrogen-bond donors (Lipinski definition) is 3. The molecule has 1 fully saturated rings. The Morgan fingerprint density at radius 2 is 2.25 bits per heavy atom. The predicted octanol–water partition coefficient (Wildman–Crippen LogP) is 1.16. The quantitative estimate of drug-likeness (QED) is 0.699. The summed E-state index contributed by atoms with van der Waals surface area (Å²) in [7, 11) is 0. The number of amides is 1. The zero-order valence-electron chi connectivity index (χ0n) is 9.46. The van der Waals surface area contributed by atoms with Gasteiger partial charge < -0.3 is 15.6 Å². The normalized spacial score (nSPS) is 16.5. The van der Waals surface area contributed by atoms with Crippen molar-refractivity contribution in [3.05, 3.63) is 24.0 Å². The molecule has 1 aromatic rings. The van der Waals surface area contributed by atoms with E-state index in [2.05, 4.69) is 15.6 Å². The lowest BCUT2D eigenvalue weighted by atomic mass is 10.2. The Hall–Kier alpha value is -1.29. The van der Waals surface area contributed by atoms with E-state index in [1.165, 1.54) is 18.4 Å². The van der Waals surface area contributed by atoms with Gasteiger partial charge in [0.25, 0.3) is 0 Å². The second-order valence-electron chi connectivity index (χ2n) is 4.37. The lowest BCUT2D eigenvalue weighted by Crippen LogP contribution is -2.38. The van der Waals surface area contributed by atoms with Gasteiger partial charge in [0.05, 0.1) is 6.54 Å². The fourth-order valence-corrected chi connectivity index (χ4v) is 2.14. The van der Waals surface area contributed by atoms with Gasteiger partial charge in [0, 0.05) is 25.0 Å². The zero-order chi connectivity index (χ0) is 11.2. The average molecular weight is 221 g/mol. The minimum absolute atomic E-state index is 0.113. The highest BCUT2D eigenvalue weighted by atomic mass is 16.1. The fourth-order valence-electron chi connectivity index (χ4n) is 2.14. The first-order valence-electron chi connectivity index (χ1n) is 5.96. The molecule has 0 aromatic carbocycles. The summed E-state index contributed by atoms with van der Waals surface area (Å²) in [6.07, 6.45) is 8.61. The molecule has 3 N–H and O–H groups in total. The molecule has 0 unspecified atom stereocenters. The molecule has 1 saturated carbocycles. The van der Waals surface area contributed by atoms with Crippen LogP contribution in [0.5, 0.6) is 0 Å². The molecular formula is C12H19N3O. The minimum atomic E-state index is 0.113. The Morgan fingerprint density at radius 3 is 2.94 bits per heavy atom. The molecule has 1 amide bonds. The molecule has 0 atom stereocenters. The summed E-state index contributed by atoms with van der Waals surface area (Å²) >= 11 is 0. The lowest BCUT2D eigenvalue weighted by Gasteiger charge is -2.11. The van der Waals surface area contributed by atoms with Gasteiger partial charge in [0.1, 0.15) is 0 Å². The van der Waals surface area contributed by atoms with Gasteiger partial charge in [-0.2, -0.15) is 0 Å². The van der Waals surface area contributed by atoms with Crippen LogP contribution in [-0.4, -0.2) is 23.5 Å². The molecule has 0 spiro atoms. The largest absolute Gasteiger partial charge is 0.367 e. The second kappa shape index (κ2) is 5.70. The third kappa shape index (κ3) is 3.38. The first-order valence-corrected chi connectivity index (χ1v) is 5.96. The molecule has 0 radical (unpaired) electrons. The first kappa shape index (κ1) is 11.2. The van der Waals surface area contributed by atoms with Crippen LogP contribution < -0.4 is 10.6 Å². The summed E-state index contributed by atoms with van der Waals surface area (Å²) in [5.74, 6) is 0.113. The van der Waals surface area contributed by atoms with Crippen LogP contribution in [0.15, 0.2) is 18.5 Å². The van der Waals surface area contributed by atoms with Crippen LogP contribution in [0, 0.1) is 0 Å². The standard InChI is InChI=1S/C12H19N3O/c16-12(15-11-3-1-2-4-11)9-14-8-10-5-6-13-7-10/h5-7,11,13-14H,1-4,8-9H2,(H,15,16). The van der Waals surface area contributed by atoms with Gasteiger partial charge in [-0.1, -0.05) is 12.8 Å². The first-order chi connectivity index (χ1) is 7.84. The van der Waals surface area contributed by atoms with Crippen LogP contribution in [0.25, 0.3) is 0 Å². The van der Waals surface area contributed by atoms with Crippen LogP contribution in [0.1, 0.15) is 31.2 Å². The van der Waals surface area contributed by atoms with Crippen LogP contribution in [-0.2, 0) is 11.3 Å². The highest BCUT2D eigenvalue weighted by molar-refractivity contribution is 5.78. The van der Waals surface area contributed by atoms with E-state index in [4.69, 9.17) is 0 Å². The Bertz CT molecular complexity index is 315. The number of H-pyrrole nitrogens is 1. The molecule has 1 aliphatic rings. The molecule has 4 heteroatoms. The smallest absolute Gasteiger partial charge is 0.234 e. The van der Waals surface area contributed by atoms with Crippen LogP contribution in [0.3, 0.4) is 0 Å². The molecule has 4 nitrogen and oxygen atoms in total. The van der Waals surface area contributed by atoms with Crippen molar-refractivity contribution in [3.63, 3.8) is 0 Å². The number of hydrogen-bond acceptors (Lipinski definition) is 2.